The molecule has 0 bridgehead atoms. The molecule has 0 radical (unpaired) electrons. The van der Waals surface area contributed by atoms with Crippen LogP contribution in [0.5, 0.6) is 0 Å². The molecule has 0 spiro atoms. The zero-order valence-electron chi connectivity index (χ0n) is 11.5. The lowest BCUT2D eigenvalue weighted by molar-refractivity contribution is -0.137. The number of nitrogens with two attached hydrogens (primary N) is 1. The van der Waals surface area contributed by atoms with E-state index in [0.29, 0.717) is 0 Å². The van der Waals surface area contributed by atoms with Crippen molar-refractivity contribution in [2.24, 2.45) is 0 Å². The molecule has 8 heteroatoms. The number of esters is 1. The quantitative estimate of drug-likeness (QED) is 0.882. The fourth-order valence-electron chi connectivity index (χ4n) is 1.85. The number of anilines is 1. The molecular formula is C14H12F3N3O2. The van der Waals surface area contributed by atoms with Crippen molar-refractivity contribution in [3.63, 3.8) is 0 Å². The summed E-state index contributed by atoms with van der Waals surface area (Å²) in [6, 6.07) is 3.32. The largest absolute Gasteiger partial charge is 0.461 e. The molecule has 0 fully saturated rings. The van der Waals surface area contributed by atoms with Crippen LogP contribution in [0.1, 0.15) is 23.0 Å². The number of alkyl halides is 3. The van der Waals surface area contributed by atoms with Crippen LogP contribution >= 0.6 is 0 Å². The highest BCUT2D eigenvalue weighted by Gasteiger charge is 2.34. The van der Waals surface area contributed by atoms with Crippen LogP contribution in [0.2, 0.25) is 0 Å². The van der Waals surface area contributed by atoms with E-state index in [4.69, 9.17) is 10.5 Å². The summed E-state index contributed by atoms with van der Waals surface area (Å²) in [6.07, 6.45) is -2.21. The first-order chi connectivity index (χ1) is 10.3. The van der Waals surface area contributed by atoms with Crippen LogP contribution in [-0.4, -0.2) is 22.5 Å². The molecule has 2 aromatic rings. The van der Waals surface area contributed by atoms with E-state index in [1.807, 2.05) is 0 Å². The van der Waals surface area contributed by atoms with Crippen molar-refractivity contribution in [1.82, 2.24) is 9.97 Å². The minimum Gasteiger partial charge on any atom is -0.461 e. The highest BCUT2D eigenvalue weighted by Crippen LogP contribution is 2.36. The monoisotopic (exact) mass is 311 g/mol. The lowest BCUT2D eigenvalue weighted by Gasteiger charge is -2.12. The van der Waals surface area contributed by atoms with E-state index in [1.54, 1.807) is 6.92 Å². The normalized spacial score (nSPS) is 11.3. The number of nitrogen functional groups attached to an aromatic ring is 1. The zero-order valence-corrected chi connectivity index (χ0v) is 11.5. The van der Waals surface area contributed by atoms with E-state index in [-0.39, 0.29) is 29.2 Å². The van der Waals surface area contributed by atoms with Gasteiger partial charge in [0.1, 0.15) is 0 Å². The molecule has 2 aromatic heterocycles. The van der Waals surface area contributed by atoms with Crippen molar-refractivity contribution in [3.8, 4) is 11.3 Å². The van der Waals surface area contributed by atoms with Gasteiger partial charge in [0.25, 0.3) is 0 Å². The van der Waals surface area contributed by atoms with Crippen LogP contribution in [0.3, 0.4) is 0 Å². The molecule has 116 valence electrons. The molecule has 0 aliphatic carbocycles. The van der Waals surface area contributed by atoms with Gasteiger partial charge >= 0.3 is 12.1 Å². The Morgan fingerprint density at radius 2 is 2.09 bits per heavy atom. The third-order valence-corrected chi connectivity index (χ3v) is 2.77. The van der Waals surface area contributed by atoms with Gasteiger partial charge in [0, 0.05) is 18.0 Å². The standard InChI is InChI=1S/C14H12F3N3O2/c1-2-22-13(21)12-10(18)6-8(7-20-12)11-9(14(15,16)17)4-3-5-19-11/h3-7H,2,18H2,1H3. The van der Waals surface area contributed by atoms with Gasteiger partial charge in [-0.2, -0.15) is 13.2 Å². The first kappa shape index (κ1) is 15.7. The number of hydrogen-bond acceptors (Lipinski definition) is 5. The molecule has 0 saturated carbocycles. The lowest BCUT2D eigenvalue weighted by Crippen LogP contribution is -2.12. The molecule has 2 rings (SSSR count). The topological polar surface area (TPSA) is 78.1 Å². The molecule has 0 amide bonds. The van der Waals surface area contributed by atoms with Gasteiger partial charge in [0.05, 0.1) is 23.6 Å². The first-order valence-corrected chi connectivity index (χ1v) is 6.29. The van der Waals surface area contributed by atoms with Crippen molar-refractivity contribution >= 4 is 11.7 Å². The molecule has 5 nitrogen and oxygen atoms in total. The smallest absolute Gasteiger partial charge is 0.418 e. The fourth-order valence-corrected chi connectivity index (χ4v) is 1.85. The summed E-state index contributed by atoms with van der Waals surface area (Å²) in [5, 5.41) is 0. The molecule has 2 N–H and O–H groups in total. The van der Waals surface area contributed by atoms with Crippen molar-refractivity contribution in [2.75, 3.05) is 12.3 Å². The van der Waals surface area contributed by atoms with Crippen molar-refractivity contribution in [2.45, 2.75) is 13.1 Å². The number of carbonyl (C=O) groups is 1. The minimum atomic E-state index is -4.56. The second kappa shape index (κ2) is 6.00. The Kier molecular flexibility index (Phi) is 4.30. The van der Waals surface area contributed by atoms with E-state index in [2.05, 4.69) is 9.97 Å². The van der Waals surface area contributed by atoms with Crippen LogP contribution in [0.25, 0.3) is 11.3 Å². The maximum atomic E-state index is 13.0. The van der Waals surface area contributed by atoms with Crippen molar-refractivity contribution in [3.05, 3.63) is 41.9 Å². The lowest BCUT2D eigenvalue weighted by atomic mass is 10.1. The van der Waals surface area contributed by atoms with Crippen LogP contribution in [-0.2, 0) is 10.9 Å². The van der Waals surface area contributed by atoms with E-state index in [9.17, 15) is 18.0 Å². The maximum absolute atomic E-state index is 13.0. The van der Waals surface area contributed by atoms with Gasteiger partial charge in [-0.1, -0.05) is 0 Å². The predicted octanol–water partition coefficient (Wildman–Crippen LogP) is 2.92. The van der Waals surface area contributed by atoms with Gasteiger partial charge in [0.15, 0.2) is 5.69 Å². The van der Waals surface area contributed by atoms with E-state index >= 15 is 0 Å². The number of nitrogens with zero attached hydrogens (tertiary/aromatic N) is 2. The van der Waals surface area contributed by atoms with Crippen LogP contribution < -0.4 is 5.73 Å². The van der Waals surface area contributed by atoms with Crippen molar-refractivity contribution in [1.29, 1.82) is 0 Å². The average Bonchev–Trinajstić information content (AvgIpc) is 2.46. The summed E-state index contributed by atoms with van der Waals surface area (Å²) in [4.78, 5) is 19.1. The fraction of sp³-hybridized carbons (Fsp3) is 0.214. The number of carbonyl (C=O) groups excluding carboxylic acids is 1. The SMILES string of the molecule is CCOC(=O)c1ncc(-c2ncccc2C(F)(F)F)cc1N. The number of halogens is 3. The summed E-state index contributed by atoms with van der Waals surface area (Å²) in [6.45, 7) is 1.76. The van der Waals surface area contributed by atoms with E-state index in [1.165, 1.54) is 18.3 Å². The highest BCUT2D eigenvalue weighted by molar-refractivity contribution is 5.93. The Morgan fingerprint density at radius 3 is 2.68 bits per heavy atom. The number of hydrogen-bond donors (Lipinski definition) is 1. The number of pyridine rings is 2. The van der Waals surface area contributed by atoms with Gasteiger partial charge < -0.3 is 10.5 Å². The molecule has 0 saturated heterocycles. The summed E-state index contributed by atoms with van der Waals surface area (Å²) in [5.41, 5.74) is 4.32. The summed E-state index contributed by atoms with van der Waals surface area (Å²) >= 11 is 0. The van der Waals surface area contributed by atoms with Crippen molar-refractivity contribution < 1.29 is 22.7 Å². The van der Waals surface area contributed by atoms with Gasteiger partial charge in [-0.3, -0.25) is 4.98 Å². The summed E-state index contributed by atoms with van der Waals surface area (Å²) < 4.78 is 43.7. The Hall–Kier alpha value is -2.64. The second-order valence-corrected chi connectivity index (χ2v) is 4.28. The number of aromatic nitrogens is 2. The Labute approximate surface area is 123 Å². The third kappa shape index (κ3) is 3.16. The van der Waals surface area contributed by atoms with Crippen LogP contribution in [0.4, 0.5) is 18.9 Å². The molecule has 0 aromatic carbocycles. The molecule has 0 atom stereocenters. The Bertz CT molecular complexity index is 702. The van der Waals surface area contributed by atoms with E-state index in [0.717, 1.165) is 12.3 Å². The molecule has 0 aliphatic heterocycles. The minimum absolute atomic E-state index is 0.0680. The zero-order chi connectivity index (χ0) is 16.3. The number of rotatable bonds is 3. The molecule has 22 heavy (non-hydrogen) atoms. The maximum Gasteiger partial charge on any atom is 0.418 e. The first-order valence-electron chi connectivity index (χ1n) is 6.29. The highest BCUT2D eigenvalue weighted by atomic mass is 19.4. The average molecular weight is 311 g/mol. The second-order valence-electron chi connectivity index (χ2n) is 4.28. The van der Waals surface area contributed by atoms with Gasteiger partial charge in [-0.15, -0.1) is 0 Å². The van der Waals surface area contributed by atoms with Crippen LogP contribution in [0, 0.1) is 0 Å². The summed E-state index contributed by atoms with van der Waals surface area (Å²) in [7, 11) is 0. The Balaban J connectivity index is 2.48. The molecule has 0 unspecified atom stereocenters. The van der Waals surface area contributed by atoms with Gasteiger partial charge in [-0.05, 0) is 25.1 Å². The predicted molar refractivity (Wildman–Crippen MR) is 72.8 cm³/mol. The molecule has 0 aliphatic rings. The van der Waals surface area contributed by atoms with Gasteiger partial charge in [0.2, 0.25) is 0 Å². The van der Waals surface area contributed by atoms with E-state index < -0.39 is 17.7 Å². The summed E-state index contributed by atoms with van der Waals surface area (Å²) in [5.74, 6) is -0.733. The Morgan fingerprint density at radius 1 is 1.36 bits per heavy atom. The third-order valence-electron chi connectivity index (χ3n) is 2.77. The molecule has 2 heterocycles. The number of ether oxygens (including phenoxy) is 1. The molecular weight excluding hydrogens is 299 g/mol. The van der Waals surface area contributed by atoms with Crippen LogP contribution in [0.15, 0.2) is 30.6 Å². The van der Waals surface area contributed by atoms with Gasteiger partial charge in [-0.25, -0.2) is 9.78 Å².